The minimum atomic E-state index is 0.432. The Morgan fingerprint density at radius 2 is 2.20 bits per heavy atom. The van der Waals surface area contributed by atoms with Gasteiger partial charge in [-0.3, -0.25) is 0 Å². The van der Waals surface area contributed by atoms with Gasteiger partial charge < -0.3 is 4.52 Å². The number of aromatic nitrogens is 2. The highest BCUT2D eigenvalue weighted by Gasteiger charge is 2.27. The van der Waals surface area contributed by atoms with Crippen LogP contribution in [0.5, 0.6) is 0 Å². The maximum Gasteiger partial charge on any atom is 0.258 e. The highest BCUT2D eigenvalue weighted by molar-refractivity contribution is 5.60. The predicted octanol–water partition coefficient (Wildman–Crippen LogP) is 3.82. The lowest BCUT2D eigenvalue weighted by Crippen LogP contribution is -1.96. The molecule has 1 aromatic carbocycles. The molecular weight excluding hydrogens is 250 g/mol. The Hall–Kier alpha value is -2.15. The van der Waals surface area contributed by atoms with Gasteiger partial charge in [-0.2, -0.15) is 10.2 Å². The molecule has 0 radical (unpaired) electrons. The molecule has 1 fully saturated rings. The van der Waals surface area contributed by atoms with Crippen molar-refractivity contribution in [1.82, 2.24) is 10.1 Å². The zero-order chi connectivity index (χ0) is 14.1. The number of rotatable bonds is 2. The van der Waals surface area contributed by atoms with Gasteiger partial charge in [0.15, 0.2) is 5.82 Å². The van der Waals surface area contributed by atoms with Gasteiger partial charge >= 0.3 is 0 Å². The fourth-order valence-electron chi connectivity index (χ4n) is 2.92. The third-order valence-corrected chi connectivity index (χ3v) is 4.09. The Kier molecular flexibility index (Phi) is 3.27. The minimum Gasteiger partial charge on any atom is -0.334 e. The quantitative estimate of drug-likeness (QED) is 0.829. The standard InChI is InChI=1S/C16H17N3O/c1-10-3-5-13(7-10)15-18-16(20-19-15)14-6-4-12(9-17)8-11(14)2/h4,6,8,10,13H,3,5,7H2,1-2H3. The molecule has 0 spiro atoms. The minimum absolute atomic E-state index is 0.432. The highest BCUT2D eigenvalue weighted by atomic mass is 16.5. The second-order valence-corrected chi connectivity index (χ2v) is 5.71. The van der Waals surface area contributed by atoms with Crippen LogP contribution in [0.4, 0.5) is 0 Å². The smallest absolute Gasteiger partial charge is 0.258 e. The molecule has 0 bridgehead atoms. The molecule has 2 aromatic rings. The first-order valence-corrected chi connectivity index (χ1v) is 7.02. The Morgan fingerprint density at radius 3 is 2.85 bits per heavy atom. The molecule has 3 rings (SSSR count). The van der Waals surface area contributed by atoms with Gasteiger partial charge in [0.2, 0.25) is 0 Å². The molecule has 4 nitrogen and oxygen atoms in total. The van der Waals surface area contributed by atoms with Gasteiger partial charge in [-0.05, 0) is 55.9 Å². The molecule has 102 valence electrons. The van der Waals surface area contributed by atoms with Crippen LogP contribution in [0.1, 0.15) is 49.1 Å². The van der Waals surface area contributed by atoms with E-state index in [-0.39, 0.29) is 0 Å². The number of nitriles is 1. The van der Waals surface area contributed by atoms with Crippen LogP contribution >= 0.6 is 0 Å². The molecule has 0 saturated heterocycles. The molecule has 0 N–H and O–H groups in total. The molecule has 1 aliphatic rings. The Labute approximate surface area is 118 Å². The van der Waals surface area contributed by atoms with Gasteiger partial charge in [0.25, 0.3) is 5.89 Å². The first kappa shape index (κ1) is 12.9. The van der Waals surface area contributed by atoms with Crippen molar-refractivity contribution in [2.45, 2.75) is 39.0 Å². The molecule has 0 amide bonds. The van der Waals surface area contributed by atoms with Crippen LogP contribution < -0.4 is 0 Å². The first-order valence-electron chi connectivity index (χ1n) is 7.02. The summed E-state index contributed by atoms with van der Waals surface area (Å²) in [5.74, 6) is 2.56. The normalized spacial score (nSPS) is 21.9. The molecular formula is C16H17N3O. The van der Waals surface area contributed by atoms with Gasteiger partial charge in [-0.15, -0.1) is 0 Å². The number of hydrogen-bond donors (Lipinski definition) is 0. The number of aryl methyl sites for hydroxylation is 1. The van der Waals surface area contributed by atoms with Crippen LogP contribution in [-0.4, -0.2) is 10.1 Å². The van der Waals surface area contributed by atoms with Gasteiger partial charge in [0, 0.05) is 11.5 Å². The molecule has 1 aliphatic carbocycles. The van der Waals surface area contributed by atoms with E-state index in [1.54, 1.807) is 6.07 Å². The van der Waals surface area contributed by atoms with Crippen LogP contribution in [0.25, 0.3) is 11.5 Å². The third kappa shape index (κ3) is 2.32. The van der Waals surface area contributed by atoms with E-state index in [4.69, 9.17) is 9.78 Å². The van der Waals surface area contributed by atoms with Crippen LogP contribution in [0.15, 0.2) is 22.7 Å². The second-order valence-electron chi connectivity index (χ2n) is 5.71. The van der Waals surface area contributed by atoms with Crippen LogP contribution in [0.3, 0.4) is 0 Å². The molecule has 1 heterocycles. The van der Waals surface area contributed by atoms with E-state index >= 15 is 0 Å². The van der Waals surface area contributed by atoms with Crippen molar-refractivity contribution in [2.75, 3.05) is 0 Å². The molecule has 2 atom stereocenters. The number of benzene rings is 1. The summed E-state index contributed by atoms with van der Waals surface area (Å²) in [5, 5.41) is 13.0. The summed E-state index contributed by atoms with van der Waals surface area (Å²) in [6, 6.07) is 7.64. The lowest BCUT2D eigenvalue weighted by molar-refractivity contribution is 0.414. The van der Waals surface area contributed by atoms with Gasteiger partial charge in [-0.1, -0.05) is 12.1 Å². The predicted molar refractivity (Wildman–Crippen MR) is 74.9 cm³/mol. The zero-order valence-corrected chi connectivity index (χ0v) is 11.8. The molecule has 1 aromatic heterocycles. The fourth-order valence-corrected chi connectivity index (χ4v) is 2.92. The summed E-state index contributed by atoms with van der Waals surface area (Å²) in [7, 11) is 0. The van der Waals surface area contributed by atoms with E-state index in [1.807, 2.05) is 19.1 Å². The maximum atomic E-state index is 8.89. The second kappa shape index (κ2) is 5.09. The van der Waals surface area contributed by atoms with E-state index < -0.39 is 0 Å². The van der Waals surface area contributed by atoms with Crippen molar-refractivity contribution in [3.8, 4) is 17.5 Å². The zero-order valence-electron chi connectivity index (χ0n) is 11.8. The molecule has 2 unspecified atom stereocenters. The summed E-state index contributed by atoms with van der Waals surface area (Å²) >= 11 is 0. The number of nitrogens with zero attached hydrogens (tertiary/aromatic N) is 3. The topological polar surface area (TPSA) is 62.7 Å². The third-order valence-electron chi connectivity index (χ3n) is 4.09. The lowest BCUT2D eigenvalue weighted by Gasteiger charge is -2.02. The number of hydrogen-bond acceptors (Lipinski definition) is 4. The Bertz CT molecular complexity index is 669. The largest absolute Gasteiger partial charge is 0.334 e. The summed E-state index contributed by atoms with van der Waals surface area (Å²) in [5.41, 5.74) is 2.54. The van der Waals surface area contributed by atoms with Crippen molar-refractivity contribution in [1.29, 1.82) is 5.26 Å². The highest BCUT2D eigenvalue weighted by Crippen LogP contribution is 2.37. The summed E-state index contributed by atoms with van der Waals surface area (Å²) < 4.78 is 5.41. The monoisotopic (exact) mass is 267 g/mol. The van der Waals surface area contributed by atoms with E-state index in [2.05, 4.69) is 23.1 Å². The van der Waals surface area contributed by atoms with Gasteiger partial charge in [0.1, 0.15) is 0 Å². The fraction of sp³-hybridized carbons (Fsp3) is 0.438. The summed E-state index contributed by atoms with van der Waals surface area (Å²) in [6.07, 6.45) is 3.53. The molecule has 1 saturated carbocycles. The Balaban J connectivity index is 1.89. The molecule has 0 aliphatic heterocycles. The summed E-state index contributed by atoms with van der Waals surface area (Å²) in [4.78, 5) is 4.55. The SMILES string of the molecule is Cc1cc(C#N)ccc1-c1nc(C2CCC(C)C2)no1. The van der Waals surface area contributed by atoms with Gasteiger partial charge in [-0.25, -0.2) is 0 Å². The molecule has 4 heteroatoms. The van der Waals surface area contributed by atoms with Gasteiger partial charge in [0.05, 0.1) is 11.6 Å². The van der Waals surface area contributed by atoms with E-state index in [0.29, 0.717) is 17.4 Å². The van der Waals surface area contributed by atoms with Crippen molar-refractivity contribution < 1.29 is 4.52 Å². The Morgan fingerprint density at radius 1 is 1.35 bits per heavy atom. The van der Waals surface area contributed by atoms with Crippen molar-refractivity contribution in [3.63, 3.8) is 0 Å². The average molecular weight is 267 g/mol. The van der Waals surface area contributed by atoms with Crippen LogP contribution in [0, 0.1) is 24.2 Å². The van der Waals surface area contributed by atoms with E-state index in [1.165, 1.54) is 6.42 Å². The molecule has 20 heavy (non-hydrogen) atoms. The van der Waals surface area contributed by atoms with E-state index in [9.17, 15) is 0 Å². The first-order chi connectivity index (χ1) is 9.67. The average Bonchev–Trinajstić information content (AvgIpc) is 3.07. The van der Waals surface area contributed by atoms with Crippen molar-refractivity contribution in [3.05, 3.63) is 35.2 Å². The van der Waals surface area contributed by atoms with Crippen molar-refractivity contribution in [2.24, 2.45) is 5.92 Å². The maximum absolute atomic E-state index is 8.89. The summed E-state index contributed by atoms with van der Waals surface area (Å²) in [6.45, 7) is 4.23. The van der Waals surface area contributed by atoms with Crippen LogP contribution in [0.2, 0.25) is 0 Å². The van der Waals surface area contributed by atoms with E-state index in [0.717, 1.165) is 35.7 Å². The lowest BCUT2D eigenvalue weighted by atomic mass is 10.0. The van der Waals surface area contributed by atoms with Crippen LogP contribution in [-0.2, 0) is 0 Å². The van der Waals surface area contributed by atoms with Crippen molar-refractivity contribution >= 4 is 0 Å².